The molecule has 9 heteroatoms. The van der Waals surface area contributed by atoms with E-state index < -0.39 is 11.6 Å². The predicted molar refractivity (Wildman–Crippen MR) is 89.4 cm³/mol. The Morgan fingerprint density at radius 2 is 1.85 bits per heavy atom. The summed E-state index contributed by atoms with van der Waals surface area (Å²) in [5.74, 6) is 0.303. The second-order valence-corrected chi connectivity index (χ2v) is 5.43. The molecular weight excluding hydrogens is 344 g/mol. The van der Waals surface area contributed by atoms with Crippen molar-refractivity contribution in [3.05, 3.63) is 59.8 Å². The standard InChI is InChI=1S/C17H13F2N5O2/c18-11-2-1-3-12(19)16(11)22-15-8-21-24-17(23-15)20-7-10-4-5-13-14(6-10)26-9-25-13/h1-6,8H,7,9H2,(H2,20,22,23,24). The lowest BCUT2D eigenvalue weighted by molar-refractivity contribution is 0.174. The SMILES string of the molecule is Fc1cccc(F)c1Nc1cnnc(NCc2ccc3c(c2)OCO3)n1. The summed E-state index contributed by atoms with van der Waals surface area (Å²) in [5, 5.41) is 13.2. The van der Waals surface area contributed by atoms with Crippen LogP contribution in [0.2, 0.25) is 0 Å². The minimum absolute atomic E-state index is 0.164. The van der Waals surface area contributed by atoms with E-state index in [1.807, 2.05) is 18.2 Å². The molecule has 0 radical (unpaired) electrons. The van der Waals surface area contributed by atoms with Crippen LogP contribution in [0.4, 0.5) is 26.2 Å². The molecule has 2 aromatic carbocycles. The number of aromatic nitrogens is 3. The van der Waals surface area contributed by atoms with E-state index in [0.717, 1.165) is 17.7 Å². The Bertz CT molecular complexity index is 934. The van der Waals surface area contributed by atoms with Gasteiger partial charge in [0.05, 0.1) is 6.20 Å². The molecule has 2 heterocycles. The van der Waals surface area contributed by atoms with Crippen molar-refractivity contribution in [2.45, 2.75) is 6.54 Å². The molecule has 0 amide bonds. The van der Waals surface area contributed by atoms with Crippen LogP contribution in [-0.4, -0.2) is 22.0 Å². The average molecular weight is 357 g/mol. The number of nitrogens with zero attached hydrogens (tertiary/aromatic N) is 3. The number of rotatable bonds is 5. The summed E-state index contributed by atoms with van der Waals surface area (Å²) in [7, 11) is 0. The maximum Gasteiger partial charge on any atom is 0.244 e. The molecule has 3 aromatic rings. The zero-order chi connectivity index (χ0) is 17.9. The van der Waals surface area contributed by atoms with Crippen LogP contribution in [0, 0.1) is 11.6 Å². The first-order valence-corrected chi connectivity index (χ1v) is 7.72. The van der Waals surface area contributed by atoms with E-state index in [2.05, 4.69) is 25.8 Å². The van der Waals surface area contributed by atoms with Crippen molar-refractivity contribution in [2.24, 2.45) is 0 Å². The van der Waals surface area contributed by atoms with E-state index >= 15 is 0 Å². The smallest absolute Gasteiger partial charge is 0.244 e. The molecule has 1 aromatic heterocycles. The summed E-state index contributed by atoms with van der Waals surface area (Å²) in [6.07, 6.45) is 1.28. The Kier molecular flexibility index (Phi) is 4.18. The third-order valence-electron chi connectivity index (χ3n) is 3.66. The van der Waals surface area contributed by atoms with Gasteiger partial charge in [0.15, 0.2) is 17.3 Å². The Morgan fingerprint density at radius 1 is 1.04 bits per heavy atom. The number of anilines is 3. The number of nitrogens with one attached hydrogen (secondary N) is 2. The van der Waals surface area contributed by atoms with Gasteiger partial charge in [-0.25, -0.2) is 8.78 Å². The van der Waals surface area contributed by atoms with Crippen molar-refractivity contribution < 1.29 is 18.3 Å². The topological polar surface area (TPSA) is 81.2 Å². The van der Waals surface area contributed by atoms with E-state index in [1.54, 1.807) is 0 Å². The first-order valence-electron chi connectivity index (χ1n) is 7.72. The van der Waals surface area contributed by atoms with Gasteiger partial charge < -0.3 is 20.1 Å². The average Bonchev–Trinajstić information content (AvgIpc) is 3.11. The molecule has 4 rings (SSSR count). The molecule has 1 aliphatic rings. The molecule has 26 heavy (non-hydrogen) atoms. The lowest BCUT2D eigenvalue weighted by atomic mass is 10.2. The predicted octanol–water partition coefficient (Wildman–Crippen LogP) is 3.23. The summed E-state index contributed by atoms with van der Waals surface area (Å²) in [4.78, 5) is 4.15. The molecule has 2 N–H and O–H groups in total. The van der Waals surface area contributed by atoms with Gasteiger partial charge in [0.2, 0.25) is 12.7 Å². The Balaban J connectivity index is 1.46. The molecule has 0 atom stereocenters. The number of para-hydroxylation sites is 1. The molecule has 0 aliphatic carbocycles. The minimum atomic E-state index is -0.724. The van der Waals surface area contributed by atoms with Gasteiger partial charge in [-0.15, -0.1) is 5.10 Å². The molecule has 1 aliphatic heterocycles. The highest BCUT2D eigenvalue weighted by Gasteiger charge is 2.13. The maximum atomic E-state index is 13.7. The van der Waals surface area contributed by atoms with Gasteiger partial charge in [0.1, 0.15) is 17.3 Å². The van der Waals surface area contributed by atoms with Crippen LogP contribution < -0.4 is 20.1 Å². The Hall–Kier alpha value is -3.49. The first kappa shape index (κ1) is 16.0. The highest BCUT2D eigenvalue weighted by Crippen LogP contribution is 2.32. The number of fused-ring (bicyclic) bond motifs is 1. The fourth-order valence-electron chi connectivity index (χ4n) is 2.42. The van der Waals surface area contributed by atoms with E-state index in [0.29, 0.717) is 18.0 Å². The molecular formula is C17H13F2N5O2. The van der Waals surface area contributed by atoms with Crippen molar-refractivity contribution in [1.82, 2.24) is 15.2 Å². The third kappa shape index (κ3) is 3.32. The highest BCUT2D eigenvalue weighted by molar-refractivity contribution is 5.57. The second-order valence-electron chi connectivity index (χ2n) is 5.43. The molecule has 0 saturated carbocycles. The summed E-state index contributed by atoms with van der Waals surface area (Å²) in [5.41, 5.74) is 0.631. The van der Waals surface area contributed by atoms with Crippen molar-refractivity contribution in [2.75, 3.05) is 17.4 Å². The van der Waals surface area contributed by atoms with Gasteiger partial charge in [0, 0.05) is 6.54 Å². The summed E-state index contributed by atoms with van der Waals surface area (Å²) >= 11 is 0. The largest absolute Gasteiger partial charge is 0.454 e. The van der Waals surface area contributed by atoms with E-state index in [1.165, 1.54) is 12.3 Å². The van der Waals surface area contributed by atoms with Crippen LogP contribution in [0.25, 0.3) is 0 Å². The molecule has 0 fully saturated rings. The lowest BCUT2D eigenvalue weighted by Gasteiger charge is -2.09. The van der Waals surface area contributed by atoms with Gasteiger partial charge in [-0.05, 0) is 29.8 Å². The normalized spacial score (nSPS) is 12.1. The van der Waals surface area contributed by atoms with Crippen molar-refractivity contribution in [1.29, 1.82) is 0 Å². The van der Waals surface area contributed by atoms with E-state index in [4.69, 9.17) is 9.47 Å². The van der Waals surface area contributed by atoms with Crippen molar-refractivity contribution >= 4 is 17.5 Å². The highest BCUT2D eigenvalue weighted by atomic mass is 19.1. The molecule has 0 bridgehead atoms. The molecule has 132 valence electrons. The third-order valence-corrected chi connectivity index (χ3v) is 3.66. The van der Waals surface area contributed by atoms with Gasteiger partial charge in [-0.2, -0.15) is 10.1 Å². The van der Waals surface area contributed by atoms with Crippen LogP contribution in [0.3, 0.4) is 0 Å². The van der Waals surface area contributed by atoms with Gasteiger partial charge in [0.25, 0.3) is 0 Å². The maximum absolute atomic E-state index is 13.7. The number of halogens is 2. The van der Waals surface area contributed by atoms with Crippen LogP contribution in [0.1, 0.15) is 5.56 Å². The zero-order valence-corrected chi connectivity index (χ0v) is 13.4. The lowest BCUT2D eigenvalue weighted by Crippen LogP contribution is -2.07. The Morgan fingerprint density at radius 3 is 2.69 bits per heavy atom. The molecule has 7 nitrogen and oxygen atoms in total. The fourth-order valence-corrected chi connectivity index (χ4v) is 2.42. The quantitative estimate of drug-likeness (QED) is 0.725. The summed E-state index contributed by atoms with van der Waals surface area (Å²) in [6.45, 7) is 0.620. The van der Waals surface area contributed by atoms with E-state index in [9.17, 15) is 8.78 Å². The number of hydrogen-bond donors (Lipinski definition) is 2. The molecule has 0 saturated heterocycles. The second kappa shape index (κ2) is 6.79. The fraction of sp³-hybridized carbons (Fsp3) is 0.118. The first-order chi connectivity index (χ1) is 12.7. The van der Waals surface area contributed by atoms with Crippen molar-refractivity contribution in [3.8, 4) is 11.5 Å². The van der Waals surface area contributed by atoms with Gasteiger partial charge in [-0.1, -0.05) is 12.1 Å². The van der Waals surface area contributed by atoms with Crippen LogP contribution in [0.5, 0.6) is 11.5 Å². The number of benzene rings is 2. The monoisotopic (exact) mass is 357 g/mol. The van der Waals surface area contributed by atoms with Gasteiger partial charge >= 0.3 is 0 Å². The number of hydrogen-bond acceptors (Lipinski definition) is 7. The molecule has 0 unspecified atom stereocenters. The van der Waals surface area contributed by atoms with Crippen LogP contribution in [-0.2, 0) is 6.54 Å². The van der Waals surface area contributed by atoms with Crippen LogP contribution in [0.15, 0.2) is 42.6 Å². The van der Waals surface area contributed by atoms with Gasteiger partial charge in [-0.3, -0.25) is 0 Å². The van der Waals surface area contributed by atoms with Crippen molar-refractivity contribution in [3.63, 3.8) is 0 Å². The zero-order valence-electron chi connectivity index (χ0n) is 13.4. The Labute approximate surface area is 147 Å². The van der Waals surface area contributed by atoms with E-state index in [-0.39, 0.29) is 24.2 Å². The minimum Gasteiger partial charge on any atom is -0.454 e. The summed E-state index contributed by atoms with van der Waals surface area (Å²) in [6, 6.07) is 9.13. The number of ether oxygens (including phenoxy) is 2. The molecule has 0 spiro atoms. The van der Waals surface area contributed by atoms with Crippen LogP contribution >= 0.6 is 0 Å². The summed E-state index contributed by atoms with van der Waals surface area (Å²) < 4.78 is 38.0.